The van der Waals surface area contributed by atoms with Crippen LogP contribution in [0.5, 0.6) is 11.5 Å². The molecule has 0 fully saturated rings. The Morgan fingerprint density at radius 2 is 1.68 bits per heavy atom. The molecular weight excluding hydrogens is 454 g/mol. The number of amides is 2. The van der Waals surface area contributed by atoms with Gasteiger partial charge in [-0.15, -0.1) is 0 Å². The predicted molar refractivity (Wildman–Crippen MR) is 132 cm³/mol. The van der Waals surface area contributed by atoms with E-state index in [2.05, 4.69) is 10.6 Å². The summed E-state index contributed by atoms with van der Waals surface area (Å²) in [7, 11) is 0. The van der Waals surface area contributed by atoms with Gasteiger partial charge in [0.2, 0.25) is 0 Å². The molecule has 34 heavy (non-hydrogen) atoms. The Hall–Kier alpha value is -4.28. The maximum Gasteiger partial charge on any atom is 0.266 e. The Kier molecular flexibility index (Phi) is 8.67. The SMILES string of the molecule is CCOc1ccc(NC(=O)/C(C#N)=C/c2ccccc2OCC(=O)Nc2ccccc2Cl)cc1. The minimum absolute atomic E-state index is 0.120. The number of rotatable bonds is 9. The van der Waals surface area contributed by atoms with Gasteiger partial charge in [0, 0.05) is 11.3 Å². The molecule has 172 valence electrons. The van der Waals surface area contributed by atoms with Gasteiger partial charge in [0.25, 0.3) is 11.8 Å². The van der Waals surface area contributed by atoms with Crippen LogP contribution in [0.25, 0.3) is 6.08 Å². The van der Waals surface area contributed by atoms with Crippen molar-refractivity contribution in [2.45, 2.75) is 6.92 Å². The second-order valence-corrected chi connectivity index (χ2v) is 7.34. The fourth-order valence-electron chi connectivity index (χ4n) is 2.93. The standard InChI is InChI=1S/C26H22ClN3O4/c1-2-33-21-13-11-20(12-14-21)29-26(32)19(16-28)15-18-7-3-6-10-24(18)34-17-25(31)30-23-9-5-4-8-22(23)27/h3-15H,2,17H2,1H3,(H,29,32)(H,30,31)/b19-15+. The zero-order valence-electron chi connectivity index (χ0n) is 18.4. The summed E-state index contributed by atoms with van der Waals surface area (Å²) in [6.07, 6.45) is 1.41. The Labute approximate surface area is 202 Å². The summed E-state index contributed by atoms with van der Waals surface area (Å²) in [4.78, 5) is 24.9. The lowest BCUT2D eigenvalue weighted by molar-refractivity contribution is -0.118. The number of carbonyl (C=O) groups is 2. The average molecular weight is 476 g/mol. The molecule has 0 spiro atoms. The summed E-state index contributed by atoms with van der Waals surface area (Å²) < 4.78 is 11.0. The molecule has 3 aromatic carbocycles. The number of nitriles is 1. The number of para-hydroxylation sites is 2. The van der Waals surface area contributed by atoms with Gasteiger partial charge in [-0.05, 0) is 55.5 Å². The van der Waals surface area contributed by atoms with Crippen LogP contribution < -0.4 is 20.1 Å². The van der Waals surface area contributed by atoms with Crippen molar-refractivity contribution in [1.29, 1.82) is 5.26 Å². The lowest BCUT2D eigenvalue weighted by Gasteiger charge is -2.11. The molecule has 0 bridgehead atoms. The zero-order valence-corrected chi connectivity index (χ0v) is 19.1. The first kappa shape index (κ1) is 24.4. The highest BCUT2D eigenvalue weighted by Gasteiger charge is 2.13. The normalized spacial score (nSPS) is 10.7. The first-order valence-corrected chi connectivity index (χ1v) is 10.8. The van der Waals surface area contributed by atoms with E-state index in [1.54, 1.807) is 72.8 Å². The fourth-order valence-corrected chi connectivity index (χ4v) is 3.11. The van der Waals surface area contributed by atoms with Gasteiger partial charge in [0.15, 0.2) is 6.61 Å². The van der Waals surface area contributed by atoms with Crippen LogP contribution in [0.15, 0.2) is 78.4 Å². The van der Waals surface area contributed by atoms with E-state index in [4.69, 9.17) is 21.1 Å². The molecule has 2 amide bonds. The van der Waals surface area contributed by atoms with Crippen LogP contribution in [-0.2, 0) is 9.59 Å². The van der Waals surface area contributed by atoms with E-state index in [0.29, 0.717) is 40.1 Å². The number of halogens is 1. The van der Waals surface area contributed by atoms with Crippen molar-refractivity contribution in [3.05, 3.63) is 89.0 Å². The molecular formula is C26H22ClN3O4. The second-order valence-electron chi connectivity index (χ2n) is 6.94. The van der Waals surface area contributed by atoms with E-state index in [0.717, 1.165) is 0 Å². The Morgan fingerprint density at radius 1 is 0.971 bits per heavy atom. The monoisotopic (exact) mass is 475 g/mol. The summed E-state index contributed by atoms with van der Waals surface area (Å²) >= 11 is 6.06. The third-order valence-corrected chi connectivity index (χ3v) is 4.84. The molecule has 0 radical (unpaired) electrons. The van der Waals surface area contributed by atoms with Gasteiger partial charge in [-0.2, -0.15) is 5.26 Å². The molecule has 3 aromatic rings. The van der Waals surface area contributed by atoms with Gasteiger partial charge < -0.3 is 20.1 Å². The summed E-state index contributed by atoms with van der Waals surface area (Å²) in [6, 6.07) is 22.4. The van der Waals surface area contributed by atoms with Crippen LogP contribution in [-0.4, -0.2) is 25.0 Å². The Balaban J connectivity index is 1.68. The summed E-state index contributed by atoms with van der Waals surface area (Å²) in [5.74, 6) is 0.0539. The smallest absolute Gasteiger partial charge is 0.266 e. The van der Waals surface area contributed by atoms with Crippen molar-refractivity contribution in [2.24, 2.45) is 0 Å². The fraction of sp³-hybridized carbons (Fsp3) is 0.115. The van der Waals surface area contributed by atoms with Gasteiger partial charge in [0.1, 0.15) is 23.1 Å². The molecule has 0 saturated carbocycles. The molecule has 0 aliphatic rings. The predicted octanol–water partition coefficient (Wildman–Crippen LogP) is 5.30. The molecule has 7 nitrogen and oxygen atoms in total. The molecule has 0 aromatic heterocycles. The van der Waals surface area contributed by atoms with Crippen LogP contribution in [0.4, 0.5) is 11.4 Å². The van der Waals surface area contributed by atoms with E-state index < -0.39 is 11.8 Å². The van der Waals surface area contributed by atoms with E-state index in [1.165, 1.54) is 6.08 Å². The first-order chi connectivity index (χ1) is 16.5. The number of nitrogens with one attached hydrogen (secondary N) is 2. The maximum absolute atomic E-state index is 12.6. The minimum atomic E-state index is -0.571. The quantitative estimate of drug-likeness (QED) is 0.323. The number of ether oxygens (including phenoxy) is 2. The van der Waals surface area contributed by atoms with Crippen molar-refractivity contribution in [1.82, 2.24) is 0 Å². The number of anilines is 2. The Morgan fingerprint density at radius 3 is 2.38 bits per heavy atom. The molecule has 3 rings (SSSR count). The van der Waals surface area contributed by atoms with Gasteiger partial charge >= 0.3 is 0 Å². The number of benzene rings is 3. The van der Waals surface area contributed by atoms with Crippen LogP contribution >= 0.6 is 11.6 Å². The highest BCUT2D eigenvalue weighted by Crippen LogP contribution is 2.23. The lowest BCUT2D eigenvalue weighted by Crippen LogP contribution is -2.20. The largest absolute Gasteiger partial charge is 0.494 e. The molecule has 0 atom stereocenters. The summed E-state index contributed by atoms with van der Waals surface area (Å²) in [5, 5.41) is 15.3. The van der Waals surface area contributed by atoms with Crippen LogP contribution in [0.3, 0.4) is 0 Å². The van der Waals surface area contributed by atoms with Crippen LogP contribution in [0.1, 0.15) is 12.5 Å². The highest BCUT2D eigenvalue weighted by atomic mass is 35.5. The van der Waals surface area contributed by atoms with Gasteiger partial charge in [-0.1, -0.05) is 41.9 Å². The number of hydrogen-bond acceptors (Lipinski definition) is 5. The molecule has 8 heteroatoms. The topological polar surface area (TPSA) is 100 Å². The third kappa shape index (κ3) is 6.86. The molecule has 2 N–H and O–H groups in total. The molecule has 0 aliphatic carbocycles. The number of carbonyl (C=O) groups excluding carboxylic acids is 2. The maximum atomic E-state index is 12.6. The molecule has 0 saturated heterocycles. The van der Waals surface area contributed by atoms with Gasteiger partial charge in [0.05, 0.1) is 17.3 Å². The lowest BCUT2D eigenvalue weighted by atomic mass is 10.1. The van der Waals surface area contributed by atoms with Gasteiger partial charge in [-0.25, -0.2) is 0 Å². The Bertz CT molecular complexity index is 1230. The number of nitrogens with zero attached hydrogens (tertiary/aromatic N) is 1. The van der Waals surface area contributed by atoms with E-state index in [-0.39, 0.29) is 12.2 Å². The summed E-state index contributed by atoms with van der Waals surface area (Å²) in [5.41, 5.74) is 1.36. The van der Waals surface area contributed by atoms with Crippen molar-refractivity contribution >= 4 is 40.9 Å². The van der Waals surface area contributed by atoms with Crippen molar-refractivity contribution in [2.75, 3.05) is 23.8 Å². The van der Waals surface area contributed by atoms with Crippen molar-refractivity contribution in [3.63, 3.8) is 0 Å². The summed E-state index contributed by atoms with van der Waals surface area (Å²) in [6.45, 7) is 2.14. The number of hydrogen-bond donors (Lipinski definition) is 2. The molecule has 0 heterocycles. The minimum Gasteiger partial charge on any atom is -0.494 e. The van der Waals surface area contributed by atoms with Crippen molar-refractivity contribution in [3.8, 4) is 17.6 Å². The van der Waals surface area contributed by atoms with E-state index >= 15 is 0 Å². The highest BCUT2D eigenvalue weighted by molar-refractivity contribution is 6.33. The first-order valence-electron chi connectivity index (χ1n) is 10.4. The van der Waals surface area contributed by atoms with E-state index in [1.807, 2.05) is 13.0 Å². The second kappa shape index (κ2) is 12.1. The van der Waals surface area contributed by atoms with Crippen LogP contribution in [0, 0.1) is 11.3 Å². The third-order valence-electron chi connectivity index (χ3n) is 4.51. The van der Waals surface area contributed by atoms with Gasteiger partial charge in [-0.3, -0.25) is 9.59 Å². The van der Waals surface area contributed by atoms with Crippen LogP contribution in [0.2, 0.25) is 5.02 Å². The average Bonchev–Trinajstić information content (AvgIpc) is 2.84. The van der Waals surface area contributed by atoms with E-state index in [9.17, 15) is 14.9 Å². The molecule has 0 unspecified atom stereocenters. The molecule has 0 aliphatic heterocycles. The zero-order chi connectivity index (χ0) is 24.3. The van der Waals surface area contributed by atoms with Crippen molar-refractivity contribution < 1.29 is 19.1 Å².